The summed E-state index contributed by atoms with van der Waals surface area (Å²) in [6, 6.07) is 14.2. The Morgan fingerprint density at radius 2 is 1.62 bits per heavy atom. The molecular formula is C15H16O. The molecule has 82 valence electrons. The van der Waals surface area contributed by atoms with E-state index in [1.165, 1.54) is 16.7 Å². The van der Waals surface area contributed by atoms with Gasteiger partial charge in [-0.1, -0.05) is 36.4 Å². The minimum Gasteiger partial charge on any atom is -0.508 e. The van der Waals surface area contributed by atoms with Crippen molar-refractivity contribution in [1.82, 2.24) is 0 Å². The van der Waals surface area contributed by atoms with Crippen molar-refractivity contribution in [3.05, 3.63) is 64.7 Å². The molecule has 1 nitrogen and oxygen atoms in total. The standard InChI is InChI=1S/C15H16O/c1-11-8-12(2)15(16)10-14(11)9-13-6-4-3-5-7-13/h3-8,10,16H,9H2,1-2H3. The lowest BCUT2D eigenvalue weighted by Crippen LogP contribution is -1.92. The van der Waals surface area contributed by atoms with E-state index in [1.807, 2.05) is 37.3 Å². The topological polar surface area (TPSA) is 20.2 Å². The summed E-state index contributed by atoms with van der Waals surface area (Å²) in [4.78, 5) is 0. The van der Waals surface area contributed by atoms with Crippen LogP contribution in [0.25, 0.3) is 0 Å². The van der Waals surface area contributed by atoms with E-state index in [1.54, 1.807) is 0 Å². The number of hydrogen-bond donors (Lipinski definition) is 1. The first-order valence-corrected chi connectivity index (χ1v) is 5.50. The summed E-state index contributed by atoms with van der Waals surface area (Å²) in [6.45, 7) is 4.01. The molecule has 2 aromatic rings. The maximum absolute atomic E-state index is 9.70. The fraction of sp³-hybridized carbons (Fsp3) is 0.200. The Morgan fingerprint density at radius 3 is 2.31 bits per heavy atom. The second-order valence-electron chi connectivity index (χ2n) is 4.23. The second kappa shape index (κ2) is 4.40. The Balaban J connectivity index is 2.32. The minimum absolute atomic E-state index is 0.386. The van der Waals surface area contributed by atoms with Gasteiger partial charge in [0, 0.05) is 0 Å². The molecule has 0 saturated heterocycles. The molecule has 2 rings (SSSR count). The molecule has 0 aliphatic rings. The fourth-order valence-electron chi connectivity index (χ4n) is 1.89. The van der Waals surface area contributed by atoms with Crippen LogP contribution in [0.2, 0.25) is 0 Å². The van der Waals surface area contributed by atoms with Crippen LogP contribution in [0.1, 0.15) is 22.3 Å². The maximum Gasteiger partial charge on any atom is 0.118 e. The van der Waals surface area contributed by atoms with Crippen LogP contribution < -0.4 is 0 Å². The first-order valence-electron chi connectivity index (χ1n) is 5.50. The van der Waals surface area contributed by atoms with Crippen LogP contribution in [0.15, 0.2) is 42.5 Å². The zero-order valence-corrected chi connectivity index (χ0v) is 9.70. The van der Waals surface area contributed by atoms with Crippen molar-refractivity contribution in [2.24, 2.45) is 0 Å². The Labute approximate surface area is 96.4 Å². The number of rotatable bonds is 2. The minimum atomic E-state index is 0.386. The van der Waals surface area contributed by atoms with Gasteiger partial charge >= 0.3 is 0 Å². The van der Waals surface area contributed by atoms with E-state index in [2.05, 4.69) is 19.1 Å². The summed E-state index contributed by atoms with van der Waals surface area (Å²) >= 11 is 0. The van der Waals surface area contributed by atoms with Crippen molar-refractivity contribution in [3.63, 3.8) is 0 Å². The molecular weight excluding hydrogens is 196 g/mol. The van der Waals surface area contributed by atoms with Gasteiger partial charge in [-0.05, 0) is 48.6 Å². The third-order valence-electron chi connectivity index (χ3n) is 2.89. The third-order valence-corrected chi connectivity index (χ3v) is 2.89. The molecule has 0 aliphatic heterocycles. The SMILES string of the molecule is Cc1cc(C)c(Cc2ccccc2)cc1O. The highest BCUT2D eigenvalue weighted by Gasteiger charge is 2.04. The second-order valence-corrected chi connectivity index (χ2v) is 4.23. The van der Waals surface area contributed by atoms with E-state index in [0.29, 0.717) is 5.75 Å². The molecule has 0 atom stereocenters. The quantitative estimate of drug-likeness (QED) is 0.806. The van der Waals surface area contributed by atoms with Crippen LogP contribution >= 0.6 is 0 Å². The normalized spacial score (nSPS) is 10.4. The van der Waals surface area contributed by atoms with Crippen LogP contribution in [0.5, 0.6) is 5.75 Å². The Kier molecular flexibility index (Phi) is 2.95. The zero-order chi connectivity index (χ0) is 11.5. The first kappa shape index (κ1) is 10.7. The predicted octanol–water partition coefficient (Wildman–Crippen LogP) is 3.60. The molecule has 0 spiro atoms. The predicted molar refractivity (Wildman–Crippen MR) is 66.8 cm³/mol. The van der Waals surface area contributed by atoms with Gasteiger partial charge in [0.1, 0.15) is 5.75 Å². The van der Waals surface area contributed by atoms with Gasteiger partial charge in [-0.25, -0.2) is 0 Å². The molecule has 0 bridgehead atoms. The highest BCUT2D eigenvalue weighted by molar-refractivity contribution is 5.42. The summed E-state index contributed by atoms with van der Waals surface area (Å²) in [7, 11) is 0. The number of benzene rings is 2. The van der Waals surface area contributed by atoms with Crippen molar-refractivity contribution in [1.29, 1.82) is 0 Å². The molecule has 0 saturated carbocycles. The Morgan fingerprint density at radius 1 is 0.938 bits per heavy atom. The van der Waals surface area contributed by atoms with E-state index in [0.717, 1.165) is 12.0 Å². The number of aromatic hydroxyl groups is 1. The number of aryl methyl sites for hydroxylation is 2. The lowest BCUT2D eigenvalue weighted by Gasteiger charge is -2.08. The molecule has 0 aromatic heterocycles. The van der Waals surface area contributed by atoms with Gasteiger partial charge in [0.2, 0.25) is 0 Å². The highest BCUT2D eigenvalue weighted by Crippen LogP contribution is 2.23. The molecule has 1 heteroatoms. The van der Waals surface area contributed by atoms with E-state index in [9.17, 15) is 5.11 Å². The Hall–Kier alpha value is -1.76. The maximum atomic E-state index is 9.70. The van der Waals surface area contributed by atoms with Gasteiger partial charge < -0.3 is 5.11 Å². The van der Waals surface area contributed by atoms with E-state index < -0.39 is 0 Å². The summed E-state index contributed by atoms with van der Waals surface area (Å²) in [6.07, 6.45) is 0.876. The molecule has 0 aliphatic carbocycles. The summed E-state index contributed by atoms with van der Waals surface area (Å²) in [5.74, 6) is 0.386. The number of phenols is 1. The van der Waals surface area contributed by atoms with Gasteiger partial charge in [0.15, 0.2) is 0 Å². The van der Waals surface area contributed by atoms with Crippen LogP contribution in [0, 0.1) is 13.8 Å². The van der Waals surface area contributed by atoms with Crippen molar-refractivity contribution < 1.29 is 5.11 Å². The zero-order valence-electron chi connectivity index (χ0n) is 9.70. The van der Waals surface area contributed by atoms with Gasteiger partial charge in [0.25, 0.3) is 0 Å². The fourth-order valence-corrected chi connectivity index (χ4v) is 1.89. The molecule has 2 aromatic carbocycles. The smallest absolute Gasteiger partial charge is 0.118 e. The van der Waals surface area contributed by atoms with E-state index >= 15 is 0 Å². The third kappa shape index (κ3) is 2.25. The number of phenolic OH excluding ortho intramolecular Hbond substituents is 1. The van der Waals surface area contributed by atoms with Crippen molar-refractivity contribution in [3.8, 4) is 5.75 Å². The average molecular weight is 212 g/mol. The van der Waals surface area contributed by atoms with Crippen LogP contribution in [-0.2, 0) is 6.42 Å². The molecule has 0 amide bonds. The van der Waals surface area contributed by atoms with Crippen LogP contribution in [0.4, 0.5) is 0 Å². The van der Waals surface area contributed by atoms with Gasteiger partial charge in [-0.15, -0.1) is 0 Å². The summed E-state index contributed by atoms with van der Waals surface area (Å²) in [5.41, 5.74) is 4.64. The van der Waals surface area contributed by atoms with Crippen LogP contribution in [-0.4, -0.2) is 5.11 Å². The molecule has 0 radical (unpaired) electrons. The summed E-state index contributed by atoms with van der Waals surface area (Å²) < 4.78 is 0. The molecule has 0 unspecified atom stereocenters. The molecule has 0 heterocycles. The van der Waals surface area contributed by atoms with Crippen molar-refractivity contribution in [2.75, 3.05) is 0 Å². The molecule has 16 heavy (non-hydrogen) atoms. The van der Waals surface area contributed by atoms with Gasteiger partial charge in [-0.3, -0.25) is 0 Å². The molecule has 1 N–H and O–H groups in total. The first-order chi connectivity index (χ1) is 7.66. The summed E-state index contributed by atoms with van der Waals surface area (Å²) in [5, 5.41) is 9.70. The lowest BCUT2D eigenvalue weighted by molar-refractivity contribution is 0.470. The van der Waals surface area contributed by atoms with Crippen molar-refractivity contribution >= 4 is 0 Å². The van der Waals surface area contributed by atoms with E-state index in [-0.39, 0.29) is 0 Å². The average Bonchev–Trinajstić information content (AvgIpc) is 2.27. The molecule has 0 fully saturated rings. The van der Waals surface area contributed by atoms with Gasteiger partial charge in [0.05, 0.1) is 0 Å². The van der Waals surface area contributed by atoms with Gasteiger partial charge in [-0.2, -0.15) is 0 Å². The highest BCUT2D eigenvalue weighted by atomic mass is 16.3. The Bertz CT molecular complexity index is 486. The monoisotopic (exact) mass is 212 g/mol. The van der Waals surface area contributed by atoms with Crippen LogP contribution in [0.3, 0.4) is 0 Å². The van der Waals surface area contributed by atoms with Crippen molar-refractivity contribution in [2.45, 2.75) is 20.3 Å². The lowest BCUT2D eigenvalue weighted by atomic mass is 9.98. The largest absolute Gasteiger partial charge is 0.508 e. The number of hydrogen-bond acceptors (Lipinski definition) is 1. The van der Waals surface area contributed by atoms with E-state index in [4.69, 9.17) is 0 Å².